The third kappa shape index (κ3) is 2.91. The first-order valence-corrected chi connectivity index (χ1v) is 6.61. The minimum Gasteiger partial charge on any atom is -0.476 e. The number of pyridine rings is 1. The van der Waals surface area contributed by atoms with Crippen molar-refractivity contribution in [2.45, 2.75) is 20.3 Å². The largest absolute Gasteiger partial charge is 0.476 e. The first-order chi connectivity index (χ1) is 10.3. The van der Waals surface area contributed by atoms with Gasteiger partial charge in [-0.25, -0.2) is 4.98 Å². The minimum atomic E-state index is 0.135. The van der Waals surface area contributed by atoms with Crippen molar-refractivity contribution in [1.29, 1.82) is 0 Å². The Balaban J connectivity index is 1.92. The van der Waals surface area contributed by atoms with Crippen LogP contribution in [0.4, 0.5) is 0 Å². The van der Waals surface area contributed by atoms with E-state index in [1.165, 1.54) is 6.39 Å². The lowest BCUT2D eigenvalue weighted by atomic mass is 10.4. The number of nitrogens with zero attached hydrogens (tertiary/aromatic N) is 4. The van der Waals surface area contributed by atoms with E-state index in [1.54, 1.807) is 12.3 Å². The number of hydrogen-bond acceptors (Lipinski definition) is 7. The van der Waals surface area contributed by atoms with Gasteiger partial charge in [0, 0.05) is 5.69 Å². The molecule has 0 unspecified atom stereocenters. The summed E-state index contributed by atoms with van der Waals surface area (Å²) in [7, 11) is 0. The zero-order valence-electron chi connectivity index (χ0n) is 11.7. The van der Waals surface area contributed by atoms with Gasteiger partial charge in [0.15, 0.2) is 11.9 Å². The maximum atomic E-state index is 5.58. The molecule has 0 aromatic carbocycles. The third-order valence-corrected chi connectivity index (χ3v) is 2.68. The Morgan fingerprint density at radius 1 is 1.19 bits per heavy atom. The number of fused-ring (bicyclic) bond motifs is 1. The van der Waals surface area contributed by atoms with Gasteiger partial charge in [0.05, 0.1) is 12.8 Å². The van der Waals surface area contributed by atoms with Crippen LogP contribution in [0.2, 0.25) is 0 Å². The molecule has 3 rings (SSSR count). The van der Waals surface area contributed by atoms with Gasteiger partial charge in [-0.2, -0.15) is 9.97 Å². The molecule has 7 heteroatoms. The highest BCUT2D eigenvalue weighted by Crippen LogP contribution is 2.26. The molecule has 108 valence electrons. The lowest BCUT2D eigenvalue weighted by Crippen LogP contribution is -2.01. The van der Waals surface area contributed by atoms with Crippen LogP contribution in [0.1, 0.15) is 19.0 Å². The summed E-state index contributed by atoms with van der Waals surface area (Å²) in [4.78, 5) is 16.6. The molecule has 7 nitrogen and oxygen atoms in total. The zero-order valence-corrected chi connectivity index (χ0v) is 11.7. The van der Waals surface area contributed by atoms with Gasteiger partial charge in [0.25, 0.3) is 5.71 Å². The molecule has 0 amide bonds. The molecule has 0 aliphatic heterocycles. The van der Waals surface area contributed by atoms with Crippen LogP contribution in [0.3, 0.4) is 0 Å². The molecule has 0 aliphatic rings. The summed E-state index contributed by atoms with van der Waals surface area (Å²) in [6.07, 6.45) is 3.77. The van der Waals surface area contributed by atoms with Gasteiger partial charge in [0.2, 0.25) is 5.88 Å². The zero-order chi connectivity index (χ0) is 14.7. The van der Waals surface area contributed by atoms with E-state index in [1.807, 2.05) is 19.9 Å². The first kappa shape index (κ1) is 13.3. The van der Waals surface area contributed by atoms with Gasteiger partial charge < -0.3 is 13.9 Å². The molecule has 0 atom stereocenters. The van der Waals surface area contributed by atoms with Crippen molar-refractivity contribution >= 4 is 11.2 Å². The molecule has 0 radical (unpaired) electrons. The number of hydrogen-bond donors (Lipinski definition) is 0. The van der Waals surface area contributed by atoms with E-state index in [-0.39, 0.29) is 6.01 Å². The fraction of sp³-hybridized carbons (Fsp3) is 0.286. The lowest BCUT2D eigenvalue weighted by Gasteiger charge is -2.06. The second-order valence-corrected chi connectivity index (χ2v) is 4.40. The molecule has 3 aromatic rings. The summed E-state index contributed by atoms with van der Waals surface area (Å²) in [5.74, 6) is 0.895. The predicted molar refractivity (Wildman–Crippen MR) is 74.4 cm³/mol. The smallest absolute Gasteiger partial charge is 0.328 e. The fourth-order valence-electron chi connectivity index (χ4n) is 1.68. The van der Waals surface area contributed by atoms with Gasteiger partial charge in [-0.1, -0.05) is 6.92 Å². The molecule has 0 aliphatic carbocycles. The molecule has 0 saturated carbocycles. The fourth-order valence-corrected chi connectivity index (χ4v) is 1.68. The molecule has 21 heavy (non-hydrogen) atoms. The van der Waals surface area contributed by atoms with Gasteiger partial charge in [-0.3, -0.25) is 4.98 Å². The standard InChI is InChI=1S/C14H14N4O3/c1-3-6-19-12-11-13(20-8-16-11)18-14(17-12)21-10-5-4-9(2)15-7-10/h4-5,7-8H,3,6H2,1-2H3. The van der Waals surface area contributed by atoms with Gasteiger partial charge in [-0.05, 0) is 25.5 Å². The van der Waals surface area contributed by atoms with Gasteiger partial charge in [-0.15, -0.1) is 0 Å². The topological polar surface area (TPSA) is 83.2 Å². The Morgan fingerprint density at radius 3 is 2.86 bits per heavy atom. The molecular formula is C14H14N4O3. The molecule has 3 aromatic heterocycles. The van der Waals surface area contributed by atoms with Crippen LogP contribution in [0.15, 0.2) is 29.1 Å². The monoisotopic (exact) mass is 286 g/mol. The van der Waals surface area contributed by atoms with Crippen LogP contribution < -0.4 is 9.47 Å². The highest BCUT2D eigenvalue weighted by molar-refractivity contribution is 5.73. The molecule has 0 fully saturated rings. The van der Waals surface area contributed by atoms with Crippen LogP contribution in [0.25, 0.3) is 11.2 Å². The number of ether oxygens (including phenoxy) is 2. The molecule has 3 heterocycles. The maximum Gasteiger partial charge on any atom is 0.328 e. The van der Waals surface area contributed by atoms with E-state index in [2.05, 4.69) is 19.9 Å². The van der Waals surface area contributed by atoms with Crippen LogP contribution >= 0.6 is 0 Å². The van der Waals surface area contributed by atoms with E-state index >= 15 is 0 Å². The summed E-state index contributed by atoms with van der Waals surface area (Å²) < 4.78 is 16.3. The van der Waals surface area contributed by atoms with Crippen molar-refractivity contribution in [3.05, 3.63) is 30.4 Å². The average molecular weight is 286 g/mol. The number of rotatable bonds is 5. The molecule has 0 bridgehead atoms. The van der Waals surface area contributed by atoms with Gasteiger partial charge >= 0.3 is 6.01 Å². The summed E-state index contributed by atoms with van der Waals surface area (Å²) in [5.41, 5.74) is 1.71. The second-order valence-electron chi connectivity index (χ2n) is 4.40. The summed E-state index contributed by atoms with van der Waals surface area (Å²) in [5, 5.41) is 0. The first-order valence-electron chi connectivity index (χ1n) is 6.61. The highest BCUT2D eigenvalue weighted by atomic mass is 16.5. The highest BCUT2D eigenvalue weighted by Gasteiger charge is 2.14. The molecule has 0 N–H and O–H groups in total. The Labute approximate surface area is 121 Å². The predicted octanol–water partition coefficient (Wildman–Crippen LogP) is 2.90. The Hall–Kier alpha value is -2.70. The summed E-state index contributed by atoms with van der Waals surface area (Å²) in [6.45, 7) is 4.44. The van der Waals surface area contributed by atoms with E-state index in [9.17, 15) is 0 Å². The molecule has 0 saturated heterocycles. The van der Waals surface area contributed by atoms with Crippen molar-refractivity contribution in [2.75, 3.05) is 6.61 Å². The normalized spacial score (nSPS) is 10.8. The maximum absolute atomic E-state index is 5.58. The quantitative estimate of drug-likeness (QED) is 0.713. The van der Waals surface area contributed by atoms with Gasteiger partial charge in [0.1, 0.15) is 5.75 Å². The average Bonchev–Trinajstić information content (AvgIpc) is 2.95. The van der Waals surface area contributed by atoms with Crippen molar-refractivity contribution in [3.8, 4) is 17.6 Å². The van der Waals surface area contributed by atoms with Crippen LogP contribution in [-0.4, -0.2) is 26.5 Å². The molecular weight excluding hydrogens is 272 g/mol. The van der Waals surface area contributed by atoms with Crippen LogP contribution in [-0.2, 0) is 0 Å². The van der Waals surface area contributed by atoms with E-state index in [0.29, 0.717) is 29.5 Å². The van der Waals surface area contributed by atoms with E-state index in [4.69, 9.17) is 13.9 Å². The van der Waals surface area contributed by atoms with Crippen molar-refractivity contribution < 1.29 is 13.9 Å². The number of aromatic nitrogens is 4. The van der Waals surface area contributed by atoms with Crippen LogP contribution in [0, 0.1) is 6.92 Å². The van der Waals surface area contributed by atoms with Crippen LogP contribution in [0.5, 0.6) is 17.6 Å². The van der Waals surface area contributed by atoms with Crippen molar-refractivity contribution in [1.82, 2.24) is 19.9 Å². The summed E-state index contributed by atoms with van der Waals surface area (Å²) >= 11 is 0. The lowest BCUT2D eigenvalue weighted by molar-refractivity contribution is 0.302. The summed E-state index contributed by atoms with van der Waals surface area (Å²) in [6, 6.07) is 3.77. The SMILES string of the molecule is CCCOc1nc(Oc2ccc(C)nc2)nc2ocnc12. The Bertz CT molecular complexity index is 740. The number of oxazole rings is 1. The minimum absolute atomic E-state index is 0.135. The van der Waals surface area contributed by atoms with E-state index < -0.39 is 0 Å². The van der Waals surface area contributed by atoms with Crippen molar-refractivity contribution in [3.63, 3.8) is 0 Å². The Kier molecular flexibility index (Phi) is 3.63. The second kappa shape index (κ2) is 5.74. The molecule has 0 spiro atoms. The Morgan fingerprint density at radius 2 is 2.10 bits per heavy atom. The van der Waals surface area contributed by atoms with E-state index in [0.717, 1.165) is 12.1 Å². The number of aryl methyl sites for hydroxylation is 1. The van der Waals surface area contributed by atoms with Crippen molar-refractivity contribution in [2.24, 2.45) is 0 Å². The third-order valence-electron chi connectivity index (χ3n) is 2.68.